The topological polar surface area (TPSA) is 66.5 Å². The summed E-state index contributed by atoms with van der Waals surface area (Å²) in [4.78, 5) is 14.6. The summed E-state index contributed by atoms with van der Waals surface area (Å²) < 4.78 is 24.1. The molecule has 0 bridgehead atoms. The minimum absolute atomic E-state index is 0.0155. The Bertz CT molecular complexity index is 657. The van der Waals surface area contributed by atoms with Gasteiger partial charge in [0.1, 0.15) is 0 Å². The molecule has 6 heteroatoms. The third kappa shape index (κ3) is 2.90. The largest absolute Gasteiger partial charge is 0.305 e. The van der Waals surface area contributed by atoms with Crippen LogP contribution in [0, 0.1) is 5.92 Å². The fraction of sp³-hybridized carbons (Fsp3) is 0.562. The first-order valence-electron chi connectivity index (χ1n) is 7.72. The SMILES string of the molecule is CC(C)C[C@@H]1N[C@@H]2CS(=O)(=O)C[C@@H]2N(c2ccccc2)C1=O. The number of hydrogen-bond donors (Lipinski definition) is 1. The van der Waals surface area contributed by atoms with Crippen molar-refractivity contribution in [1.82, 2.24) is 5.32 Å². The predicted octanol–water partition coefficient (Wildman–Crippen LogP) is 1.20. The zero-order valence-electron chi connectivity index (χ0n) is 12.9. The van der Waals surface area contributed by atoms with E-state index < -0.39 is 9.84 Å². The quantitative estimate of drug-likeness (QED) is 0.908. The fourth-order valence-corrected chi connectivity index (χ4v) is 5.35. The van der Waals surface area contributed by atoms with Crippen LogP contribution in [0.2, 0.25) is 0 Å². The number of rotatable bonds is 3. The number of benzene rings is 1. The van der Waals surface area contributed by atoms with Crippen LogP contribution in [0.5, 0.6) is 0 Å². The summed E-state index contributed by atoms with van der Waals surface area (Å²) in [5, 5.41) is 3.28. The van der Waals surface area contributed by atoms with Gasteiger partial charge in [0.05, 0.1) is 23.6 Å². The number of amides is 1. The molecule has 0 radical (unpaired) electrons. The molecule has 0 saturated carbocycles. The van der Waals surface area contributed by atoms with E-state index in [1.165, 1.54) is 0 Å². The standard InChI is InChI=1S/C16H22N2O3S/c1-11(2)8-13-16(19)18(12-6-4-3-5-7-12)15-10-22(20,21)9-14(15)17-13/h3-7,11,13-15,17H,8-10H2,1-2H3/t13-,14+,15-/m0/s1. The molecule has 1 aromatic rings. The van der Waals surface area contributed by atoms with E-state index in [1.54, 1.807) is 4.90 Å². The van der Waals surface area contributed by atoms with Gasteiger partial charge in [-0.15, -0.1) is 0 Å². The van der Waals surface area contributed by atoms with Crippen molar-refractivity contribution in [2.75, 3.05) is 16.4 Å². The van der Waals surface area contributed by atoms with Crippen molar-refractivity contribution in [3.63, 3.8) is 0 Å². The second-order valence-electron chi connectivity index (χ2n) is 6.64. The predicted molar refractivity (Wildman–Crippen MR) is 86.5 cm³/mol. The Balaban J connectivity index is 1.97. The highest BCUT2D eigenvalue weighted by atomic mass is 32.2. The molecule has 3 atom stereocenters. The summed E-state index contributed by atoms with van der Waals surface area (Å²) in [6, 6.07) is 8.60. The van der Waals surface area contributed by atoms with Crippen LogP contribution in [0.15, 0.2) is 30.3 Å². The van der Waals surface area contributed by atoms with Crippen LogP contribution in [-0.4, -0.2) is 44.0 Å². The van der Waals surface area contributed by atoms with Gasteiger partial charge in [-0.25, -0.2) is 8.42 Å². The lowest BCUT2D eigenvalue weighted by molar-refractivity contribution is -0.123. The second kappa shape index (κ2) is 5.66. The number of fused-ring (bicyclic) bond motifs is 1. The van der Waals surface area contributed by atoms with E-state index in [4.69, 9.17) is 0 Å². The van der Waals surface area contributed by atoms with Crippen LogP contribution in [0.3, 0.4) is 0 Å². The second-order valence-corrected chi connectivity index (χ2v) is 8.80. The van der Waals surface area contributed by atoms with E-state index in [1.807, 2.05) is 30.3 Å². The minimum atomic E-state index is -3.10. The zero-order chi connectivity index (χ0) is 15.9. The molecule has 0 spiro atoms. The highest BCUT2D eigenvalue weighted by molar-refractivity contribution is 7.91. The maximum Gasteiger partial charge on any atom is 0.244 e. The summed E-state index contributed by atoms with van der Waals surface area (Å²) in [6.07, 6.45) is 0.714. The molecule has 0 unspecified atom stereocenters. The van der Waals surface area contributed by atoms with Crippen molar-refractivity contribution in [3.8, 4) is 0 Å². The first-order chi connectivity index (χ1) is 10.4. The molecular weight excluding hydrogens is 300 g/mol. The molecule has 0 aliphatic carbocycles. The van der Waals surface area contributed by atoms with E-state index in [2.05, 4.69) is 19.2 Å². The van der Waals surface area contributed by atoms with E-state index >= 15 is 0 Å². The average Bonchev–Trinajstić information content (AvgIpc) is 2.74. The molecule has 2 fully saturated rings. The lowest BCUT2D eigenvalue weighted by atomic mass is 9.95. The lowest BCUT2D eigenvalue weighted by Gasteiger charge is -2.42. The summed E-state index contributed by atoms with van der Waals surface area (Å²) in [7, 11) is -3.10. The molecule has 2 saturated heterocycles. The molecule has 5 nitrogen and oxygen atoms in total. The molecule has 1 aromatic carbocycles. The van der Waals surface area contributed by atoms with Crippen LogP contribution < -0.4 is 10.2 Å². The van der Waals surface area contributed by atoms with Crippen LogP contribution >= 0.6 is 0 Å². The van der Waals surface area contributed by atoms with E-state index in [9.17, 15) is 13.2 Å². The normalized spacial score (nSPS) is 30.6. The maximum atomic E-state index is 12.9. The molecule has 3 rings (SSSR count). The molecule has 2 aliphatic heterocycles. The van der Waals surface area contributed by atoms with E-state index in [0.29, 0.717) is 12.3 Å². The van der Waals surface area contributed by atoms with Crippen LogP contribution in [0.25, 0.3) is 0 Å². The van der Waals surface area contributed by atoms with Crippen molar-refractivity contribution in [3.05, 3.63) is 30.3 Å². The molecule has 1 N–H and O–H groups in total. The number of carbonyl (C=O) groups is 1. The van der Waals surface area contributed by atoms with Gasteiger partial charge in [-0.3, -0.25) is 10.1 Å². The number of nitrogens with one attached hydrogen (secondary N) is 1. The zero-order valence-corrected chi connectivity index (χ0v) is 13.7. The Morgan fingerprint density at radius 1 is 1.23 bits per heavy atom. The van der Waals surface area contributed by atoms with Crippen LogP contribution in [0.1, 0.15) is 20.3 Å². The molecule has 120 valence electrons. The highest BCUT2D eigenvalue weighted by Gasteiger charge is 2.49. The summed E-state index contributed by atoms with van der Waals surface area (Å²) >= 11 is 0. The van der Waals surface area contributed by atoms with E-state index in [-0.39, 0.29) is 35.5 Å². The number of hydrogen-bond acceptors (Lipinski definition) is 4. The third-order valence-electron chi connectivity index (χ3n) is 4.35. The average molecular weight is 322 g/mol. The monoisotopic (exact) mass is 322 g/mol. The van der Waals surface area contributed by atoms with Gasteiger partial charge in [-0.1, -0.05) is 32.0 Å². The van der Waals surface area contributed by atoms with Gasteiger partial charge >= 0.3 is 0 Å². The number of piperazine rings is 1. The molecular formula is C16H22N2O3S. The number of carbonyl (C=O) groups excluding carboxylic acids is 1. The van der Waals surface area contributed by atoms with Crippen molar-refractivity contribution in [2.24, 2.45) is 5.92 Å². The third-order valence-corrected chi connectivity index (χ3v) is 6.06. The Labute approximate surface area is 131 Å². The lowest BCUT2D eigenvalue weighted by Crippen LogP contribution is -2.65. The molecule has 2 aliphatic rings. The number of anilines is 1. The van der Waals surface area contributed by atoms with Gasteiger partial charge in [-0.05, 0) is 24.5 Å². The Morgan fingerprint density at radius 2 is 1.91 bits per heavy atom. The smallest absolute Gasteiger partial charge is 0.244 e. The van der Waals surface area contributed by atoms with Crippen molar-refractivity contribution >= 4 is 21.4 Å². The van der Waals surface area contributed by atoms with Gasteiger partial charge in [-0.2, -0.15) is 0 Å². The van der Waals surface area contributed by atoms with Crippen molar-refractivity contribution in [1.29, 1.82) is 0 Å². The van der Waals surface area contributed by atoms with Gasteiger partial charge in [0, 0.05) is 11.7 Å². The molecule has 2 heterocycles. The molecule has 22 heavy (non-hydrogen) atoms. The van der Waals surface area contributed by atoms with Crippen LogP contribution in [-0.2, 0) is 14.6 Å². The number of sulfone groups is 1. The highest BCUT2D eigenvalue weighted by Crippen LogP contribution is 2.30. The summed E-state index contributed by atoms with van der Waals surface area (Å²) in [6.45, 7) is 4.14. The first-order valence-corrected chi connectivity index (χ1v) is 9.54. The first kappa shape index (κ1) is 15.5. The van der Waals surface area contributed by atoms with Crippen molar-refractivity contribution in [2.45, 2.75) is 38.4 Å². The van der Waals surface area contributed by atoms with Crippen LogP contribution in [0.4, 0.5) is 5.69 Å². The summed E-state index contributed by atoms with van der Waals surface area (Å²) in [5.74, 6) is 0.509. The fourth-order valence-electron chi connectivity index (χ4n) is 3.45. The Morgan fingerprint density at radius 3 is 2.55 bits per heavy atom. The maximum absolute atomic E-state index is 12.9. The number of para-hydroxylation sites is 1. The molecule has 1 amide bonds. The minimum Gasteiger partial charge on any atom is -0.305 e. The summed E-state index contributed by atoms with van der Waals surface area (Å²) in [5.41, 5.74) is 0.787. The van der Waals surface area contributed by atoms with Crippen molar-refractivity contribution < 1.29 is 13.2 Å². The van der Waals surface area contributed by atoms with Gasteiger partial charge in [0.15, 0.2) is 9.84 Å². The van der Waals surface area contributed by atoms with E-state index in [0.717, 1.165) is 5.69 Å². The van der Waals surface area contributed by atoms with Gasteiger partial charge in [0.2, 0.25) is 5.91 Å². The number of nitrogens with zero attached hydrogens (tertiary/aromatic N) is 1. The Hall–Kier alpha value is -1.40. The molecule has 0 aromatic heterocycles. The van der Waals surface area contributed by atoms with Gasteiger partial charge < -0.3 is 4.90 Å². The van der Waals surface area contributed by atoms with Gasteiger partial charge in [0.25, 0.3) is 0 Å². The Kier molecular flexibility index (Phi) is 3.99.